The van der Waals surface area contributed by atoms with Gasteiger partial charge in [0.25, 0.3) is 5.69 Å². The summed E-state index contributed by atoms with van der Waals surface area (Å²) in [5, 5.41) is 24.2. The Balaban J connectivity index is 2.59. The lowest BCUT2D eigenvalue weighted by atomic mass is 10.1. The second-order valence-electron chi connectivity index (χ2n) is 4.60. The lowest BCUT2D eigenvalue weighted by Gasteiger charge is -2.06. The Morgan fingerprint density at radius 1 is 1.40 bits per heavy atom. The Kier molecular flexibility index (Phi) is 3.51. The Morgan fingerprint density at radius 3 is 2.60 bits per heavy atom. The van der Waals surface area contributed by atoms with Gasteiger partial charge in [-0.05, 0) is 18.1 Å². The van der Waals surface area contributed by atoms with Gasteiger partial charge in [0.15, 0.2) is 0 Å². The summed E-state index contributed by atoms with van der Waals surface area (Å²) in [6.07, 6.45) is 1.60. The van der Waals surface area contributed by atoms with E-state index in [-0.39, 0.29) is 22.9 Å². The van der Waals surface area contributed by atoms with Crippen LogP contribution in [0, 0.1) is 10.1 Å². The highest BCUT2D eigenvalue weighted by Gasteiger charge is 2.17. The molecular formula is C13H13N3O4. The lowest BCUT2D eigenvalue weighted by Crippen LogP contribution is -2.07. The Labute approximate surface area is 114 Å². The zero-order valence-corrected chi connectivity index (χ0v) is 11.0. The van der Waals surface area contributed by atoms with Crippen molar-refractivity contribution in [2.24, 2.45) is 0 Å². The number of carboxylic acids is 1. The number of nitro groups is 1. The van der Waals surface area contributed by atoms with E-state index >= 15 is 0 Å². The molecule has 0 amide bonds. The van der Waals surface area contributed by atoms with Gasteiger partial charge >= 0.3 is 5.97 Å². The number of hydrogen-bond donors (Lipinski definition) is 1. The first kappa shape index (κ1) is 13.7. The van der Waals surface area contributed by atoms with Crippen LogP contribution < -0.4 is 0 Å². The number of carbonyl (C=O) groups is 1. The van der Waals surface area contributed by atoms with Crippen LogP contribution in [0.1, 0.15) is 35.8 Å². The van der Waals surface area contributed by atoms with Gasteiger partial charge in [0.1, 0.15) is 0 Å². The zero-order valence-electron chi connectivity index (χ0n) is 11.0. The minimum absolute atomic E-state index is 0.0333. The second-order valence-corrected chi connectivity index (χ2v) is 4.60. The van der Waals surface area contributed by atoms with E-state index in [9.17, 15) is 14.9 Å². The summed E-state index contributed by atoms with van der Waals surface area (Å²) >= 11 is 0. The van der Waals surface area contributed by atoms with Gasteiger partial charge in [-0.15, -0.1) is 0 Å². The molecule has 1 N–H and O–H groups in total. The topological polar surface area (TPSA) is 98.3 Å². The van der Waals surface area contributed by atoms with Crippen molar-refractivity contribution < 1.29 is 14.8 Å². The first-order chi connectivity index (χ1) is 9.40. The molecule has 0 aliphatic heterocycles. The minimum Gasteiger partial charge on any atom is -0.478 e. The third-order valence-corrected chi connectivity index (χ3v) is 2.87. The van der Waals surface area contributed by atoms with Crippen molar-refractivity contribution in [1.82, 2.24) is 9.78 Å². The molecule has 104 valence electrons. The fourth-order valence-electron chi connectivity index (χ4n) is 1.78. The van der Waals surface area contributed by atoms with E-state index in [1.807, 2.05) is 13.8 Å². The fourth-order valence-corrected chi connectivity index (χ4v) is 1.78. The first-order valence-corrected chi connectivity index (χ1v) is 5.98. The predicted octanol–water partition coefficient (Wildman–Crippen LogP) is 2.60. The number of nitro benzene ring substituents is 1. The van der Waals surface area contributed by atoms with Gasteiger partial charge in [-0.25, -0.2) is 9.48 Å². The molecule has 2 rings (SSSR count). The van der Waals surface area contributed by atoms with E-state index < -0.39 is 10.9 Å². The summed E-state index contributed by atoms with van der Waals surface area (Å²) < 4.78 is 1.35. The molecule has 0 bridgehead atoms. The zero-order chi connectivity index (χ0) is 14.9. The number of rotatable bonds is 4. The average molecular weight is 275 g/mol. The molecule has 1 heterocycles. The van der Waals surface area contributed by atoms with Gasteiger partial charge < -0.3 is 5.11 Å². The maximum atomic E-state index is 11.2. The standard InChI is InChI=1S/C13H13N3O4/c1-8(2)11-5-6-15(14-11)12-7-9(16(19)20)3-4-10(12)13(17)18/h3-8H,1-2H3,(H,17,18). The first-order valence-electron chi connectivity index (χ1n) is 5.98. The van der Waals surface area contributed by atoms with Gasteiger partial charge in [0.2, 0.25) is 0 Å². The summed E-state index contributed by atoms with van der Waals surface area (Å²) in [4.78, 5) is 21.4. The van der Waals surface area contributed by atoms with Gasteiger partial charge in [-0.3, -0.25) is 10.1 Å². The Morgan fingerprint density at radius 2 is 2.10 bits per heavy atom. The summed E-state index contributed by atoms with van der Waals surface area (Å²) in [6.45, 7) is 3.91. The van der Waals surface area contributed by atoms with Crippen LogP contribution in [0.25, 0.3) is 5.69 Å². The highest BCUT2D eigenvalue weighted by atomic mass is 16.6. The highest BCUT2D eigenvalue weighted by molar-refractivity contribution is 5.92. The van der Waals surface area contributed by atoms with Crippen LogP contribution in [0.4, 0.5) is 5.69 Å². The van der Waals surface area contributed by atoms with Gasteiger partial charge in [0, 0.05) is 18.3 Å². The summed E-state index contributed by atoms with van der Waals surface area (Å²) in [6, 6.07) is 5.35. The molecule has 20 heavy (non-hydrogen) atoms. The number of aromatic nitrogens is 2. The fraction of sp³-hybridized carbons (Fsp3) is 0.231. The number of nitrogens with zero attached hydrogens (tertiary/aromatic N) is 3. The van der Waals surface area contributed by atoms with Crippen LogP contribution in [-0.4, -0.2) is 25.8 Å². The van der Waals surface area contributed by atoms with Crippen LogP contribution in [0.15, 0.2) is 30.5 Å². The molecule has 0 aliphatic rings. The maximum absolute atomic E-state index is 11.2. The molecule has 0 saturated heterocycles. The van der Waals surface area contributed by atoms with Crippen LogP contribution >= 0.6 is 0 Å². The molecule has 2 aromatic rings. The molecule has 7 heteroatoms. The molecule has 7 nitrogen and oxygen atoms in total. The van der Waals surface area contributed by atoms with Crippen molar-refractivity contribution in [1.29, 1.82) is 0 Å². The second kappa shape index (κ2) is 5.12. The number of carboxylic acid groups (broad SMARTS) is 1. The predicted molar refractivity (Wildman–Crippen MR) is 71.3 cm³/mol. The van der Waals surface area contributed by atoms with Crippen LogP contribution in [-0.2, 0) is 0 Å². The normalized spacial score (nSPS) is 10.8. The van der Waals surface area contributed by atoms with E-state index in [2.05, 4.69) is 5.10 Å². The summed E-state index contributed by atoms with van der Waals surface area (Å²) in [5.74, 6) is -0.972. The van der Waals surface area contributed by atoms with Gasteiger partial charge in [0.05, 0.1) is 21.9 Å². The highest BCUT2D eigenvalue weighted by Crippen LogP contribution is 2.22. The molecule has 1 aromatic heterocycles. The maximum Gasteiger partial charge on any atom is 0.337 e. The number of aromatic carboxylic acids is 1. The average Bonchev–Trinajstić information content (AvgIpc) is 2.87. The van der Waals surface area contributed by atoms with Crippen molar-refractivity contribution >= 4 is 11.7 Å². The molecule has 0 unspecified atom stereocenters. The van der Waals surface area contributed by atoms with Crippen LogP contribution in [0.2, 0.25) is 0 Å². The van der Waals surface area contributed by atoms with Gasteiger partial charge in [-0.1, -0.05) is 13.8 Å². The third kappa shape index (κ3) is 2.51. The van der Waals surface area contributed by atoms with Crippen LogP contribution in [0.5, 0.6) is 0 Å². The van der Waals surface area contributed by atoms with Crippen molar-refractivity contribution in [2.75, 3.05) is 0 Å². The van der Waals surface area contributed by atoms with E-state index in [0.717, 1.165) is 5.69 Å². The van der Waals surface area contributed by atoms with E-state index in [1.165, 1.54) is 22.9 Å². The van der Waals surface area contributed by atoms with Crippen molar-refractivity contribution in [2.45, 2.75) is 19.8 Å². The lowest BCUT2D eigenvalue weighted by molar-refractivity contribution is -0.384. The Bertz CT molecular complexity index is 676. The van der Waals surface area contributed by atoms with Crippen LogP contribution in [0.3, 0.4) is 0 Å². The van der Waals surface area contributed by atoms with Gasteiger partial charge in [-0.2, -0.15) is 5.10 Å². The molecule has 0 fully saturated rings. The number of non-ortho nitro benzene ring substituents is 1. The summed E-state index contributed by atoms with van der Waals surface area (Å²) in [5.41, 5.74) is 0.757. The largest absolute Gasteiger partial charge is 0.478 e. The third-order valence-electron chi connectivity index (χ3n) is 2.87. The molecule has 0 saturated carbocycles. The molecule has 0 spiro atoms. The SMILES string of the molecule is CC(C)c1ccn(-c2cc([N+](=O)[O-])ccc2C(=O)O)n1. The van der Waals surface area contributed by atoms with E-state index in [1.54, 1.807) is 12.3 Å². The monoisotopic (exact) mass is 275 g/mol. The van der Waals surface area contributed by atoms with E-state index in [0.29, 0.717) is 0 Å². The minimum atomic E-state index is -1.16. The van der Waals surface area contributed by atoms with Crippen molar-refractivity contribution in [3.63, 3.8) is 0 Å². The molecule has 1 aromatic carbocycles. The van der Waals surface area contributed by atoms with Crippen molar-refractivity contribution in [3.8, 4) is 5.69 Å². The summed E-state index contributed by atoms with van der Waals surface area (Å²) in [7, 11) is 0. The Hall–Kier alpha value is -2.70. The number of hydrogen-bond acceptors (Lipinski definition) is 4. The van der Waals surface area contributed by atoms with Crippen molar-refractivity contribution in [3.05, 3.63) is 51.8 Å². The smallest absolute Gasteiger partial charge is 0.337 e. The molecular weight excluding hydrogens is 262 g/mol. The molecule has 0 radical (unpaired) electrons. The van der Waals surface area contributed by atoms with E-state index in [4.69, 9.17) is 5.11 Å². The molecule has 0 aliphatic carbocycles. The number of benzene rings is 1. The molecule has 0 atom stereocenters. The quantitative estimate of drug-likeness (QED) is 0.683.